The zero-order valence-electron chi connectivity index (χ0n) is 11.0. The van der Waals surface area contributed by atoms with Gasteiger partial charge in [0.05, 0.1) is 6.04 Å². The second-order valence-corrected chi connectivity index (χ2v) is 6.04. The fourth-order valence-electron chi connectivity index (χ4n) is 2.51. The molecule has 3 rings (SSSR count). The smallest absolute Gasteiger partial charge is 0.169 e. The summed E-state index contributed by atoms with van der Waals surface area (Å²) in [4.78, 5) is 0. The van der Waals surface area contributed by atoms with Crippen molar-refractivity contribution in [2.24, 2.45) is 5.92 Å². The maximum Gasteiger partial charge on any atom is 0.169 e. The minimum absolute atomic E-state index is 0.220. The number of hydrogen-bond acceptors (Lipinski definition) is 2. The minimum Gasteiger partial charge on any atom is -0.453 e. The number of hydrogen-bond donors (Lipinski definition) is 1. The van der Waals surface area contributed by atoms with Crippen molar-refractivity contribution in [3.63, 3.8) is 0 Å². The number of nitrogens with one attached hydrogen (secondary N) is 1. The Balaban J connectivity index is 1.75. The van der Waals surface area contributed by atoms with Crippen molar-refractivity contribution in [2.45, 2.75) is 31.8 Å². The lowest BCUT2D eigenvalue weighted by Gasteiger charge is -2.22. The van der Waals surface area contributed by atoms with E-state index < -0.39 is 0 Å². The Bertz CT molecular complexity index is 533. The summed E-state index contributed by atoms with van der Waals surface area (Å²) in [7, 11) is 0. The molecule has 1 fully saturated rings. The van der Waals surface area contributed by atoms with Crippen molar-refractivity contribution >= 4 is 15.9 Å². The largest absolute Gasteiger partial charge is 0.453 e. The van der Waals surface area contributed by atoms with Crippen molar-refractivity contribution < 1.29 is 4.42 Å². The molecule has 0 bridgehead atoms. The first-order valence-electron chi connectivity index (χ1n) is 6.80. The van der Waals surface area contributed by atoms with E-state index in [1.807, 2.05) is 12.1 Å². The van der Waals surface area contributed by atoms with Gasteiger partial charge < -0.3 is 9.73 Å². The molecule has 1 aromatic heterocycles. The Morgan fingerprint density at radius 3 is 2.47 bits per heavy atom. The Morgan fingerprint density at radius 2 is 1.89 bits per heavy atom. The Morgan fingerprint density at radius 1 is 1.16 bits per heavy atom. The van der Waals surface area contributed by atoms with Crippen LogP contribution in [0.2, 0.25) is 0 Å². The normalized spacial score (nSPS) is 18.2. The summed E-state index contributed by atoms with van der Waals surface area (Å²) in [6, 6.07) is 15.3. The molecule has 19 heavy (non-hydrogen) atoms. The monoisotopic (exact) mass is 319 g/mol. The van der Waals surface area contributed by atoms with E-state index in [-0.39, 0.29) is 6.04 Å². The quantitative estimate of drug-likeness (QED) is 0.852. The van der Waals surface area contributed by atoms with Gasteiger partial charge in [0.15, 0.2) is 4.67 Å². The average molecular weight is 320 g/mol. The summed E-state index contributed by atoms with van der Waals surface area (Å²) >= 11 is 3.36. The third kappa shape index (κ3) is 3.10. The first-order valence-corrected chi connectivity index (χ1v) is 7.59. The highest BCUT2D eigenvalue weighted by atomic mass is 79.9. The number of benzene rings is 1. The van der Waals surface area contributed by atoms with Crippen LogP contribution >= 0.6 is 15.9 Å². The van der Waals surface area contributed by atoms with E-state index in [1.54, 1.807) is 0 Å². The highest BCUT2D eigenvalue weighted by Crippen LogP contribution is 2.42. The van der Waals surface area contributed by atoms with Gasteiger partial charge in [-0.15, -0.1) is 0 Å². The first-order chi connectivity index (χ1) is 9.24. The van der Waals surface area contributed by atoms with Crippen LogP contribution < -0.4 is 5.32 Å². The van der Waals surface area contributed by atoms with Gasteiger partial charge in [-0.2, -0.15) is 0 Å². The van der Waals surface area contributed by atoms with Crippen LogP contribution in [0.15, 0.2) is 51.6 Å². The molecule has 2 atom stereocenters. The van der Waals surface area contributed by atoms with Crippen LogP contribution in [0.4, 0.5) is 0 Å². The molecule has 2 nitrogen and oxygen atoms in total. The van der Waals surface area contributed by atoms with Gasteiger partial charge >= 0.3 is 0 Å². The van der Waals surface area contributed by atoms with E-state index >= 15 is 0 Å². The molecule has 1 saturated carbocycles. The Labute approximate surface area is 122 Å². The van der Waals surface area contributed by atoms with Gasteiger partial charge in [-0.1, -0.05) is 30.3 Å². The van der Waals surface area contributed by atoms with E-state index in [1.165, 1.54) is 18.4 Å². The first kappa shape index (κ1) is 12.9. The molecule has 100 valence electrons. The topological polar surface area (TPSA) is 25.2 Å². The van der Waals surface area contributed by atoms with Crippen molar-refractivity contribution in [3.8, 4) is 0 Å². The molecule has 2 aromatic rings. The molecule has 1 N–H and O–H groups in total. The van der Waals surface area contributed by atoms with Gasteiger partial charge in [-0.3, -0.25) is 0 Å². The van der Waals surface area contributed by atoms with Crippen LogP contribution in [-0.2, 0) is 0 Å². The van der Waals surface area contributed by atoms with Gasteiger partial charge in [0, 0.05) is 6.04 Å². The van der Waals surface area contributed by atoms with Gasteiger partial charge in [-0.05, 0) is 59.3 Å². The molecule has 0 spiro atoms. The number of halogens is 1. The predicted molar refractivity (Wildman–Crippen MR) is 79.9 cm³/mol. The van der Waals surface area contributed by atoms with Crippen molar-refractivity contribution in [2.75, 3.05) is 0 Å². The van der Waals surface area contributed by atoms with Gasteiger partial charge in [-0.25, -0.2) is 0 Å². The molecule has 0 saturated heterocycles. The molecule has 1 aliphatic carbocycles. The summed E-state index contributed by atoms with van der Waals surface area (Å²) in [5.74, 6) is 1.75. The second kappa shape index (κ2) is 5.51. The van der Waals surface area contributed by atoms with Crippen LogP contribution in [0.5, 0.6) is 0 Å². The highest BCUT2D eigenvalue weighted by molar-refractivity contribution is 9.10. The molecule has 0 amide bonds. The minimum atomic E-state index is 0.220. The zero-order chi connectivity index (χ0) is 13.2. The van der Waals surface area contributed by atoms with Gasteiger partial charge in [0.1, 0.15) is 5.76 Å². The molecule has 1 aliphatic rings. The molecule has 1 heterocycles. The summed E-state index contributed by atoms with van der Waals surface area (Å²) in [6.07, 6.45) is 2.64. The molecule has 1 aromatic carbocycles. The van der Waals surface area contributed by atoms with E-state index in [0.29, 0.717) is 6.04 Å². The van der Waals surface area contributed by atoms with Crippen molar-refractivity contribution in [1.82, 2.24) is 5.32 Å². The SMILES string of the molecule is CC(NC(c1ccccc1)C1CC1)c1ccc(Br)o1. The lowest BCUT2D eigenvalue weighted by atomic mass is 10.0. The van der Waals surface area contributed by atoms with E-state index in [9.17, 15) is 0 Å². The molecular formula is C16H18BrNO. The third-order valence-corrected chi connectivity index (χ3v) is 4.13. The second-order valence-electron chi connectivity index (χ2n) is 5.26. The predicted octanol–water partition coefficient (Wildman–Crippen LogP) is 4.84. The van der Waals surface area contributed by atoms with Gasteiger partial charge in [0.25, 0.3) is 0 Å². The van der Waals surface area contributed by atoms with Crippen LogP contribution in [0.25, 0.3) is 0 Å². The fourth-order valence-corrected chi connectivity index (χ4v) is 2.83. The zero-order valence-corrected chi connectivity index (χ0v) is 12.6. The average Bonchev–Trinajstić information content (AvgIpc) is 3.18. The standard InChI is InChI=1S/C16H18BrNO/c1-11(14-9-10-15(17)19-14)18-16(13-7-8-13)12-5-3-2-4-6-12/h2-6,9-11,13,16,18H,7-8H2,1H3. The lowest BCUT2D eigenvalue weighted by Crippen LogP contribution is -2.26. The van der Waals surface area contributed by atoms with Crippen LogP contribution in [0, 0.1) is 5.92 Å². The highest BCUT2D eigenvalue weighted by Gasteiger charge is 2.33. The fraction of sp³-hybridized carbons (Fsp3) is 0.375. The summed E-state index contributed by atoms with van der Waals surface area (Å²) in [5.41, 5.74) is 1.38. The van der Waals surface area contributed by atoms with Crippen LogP contribution in [0.1, 0.15) is 43.2 Å². The Kier molecular flexibility index (Phi) is 3.76. The maximum absolute atomic E-state index is 5.64. The summed E-state index contributed by atoms with van der Waals surface area (Å²) in [6.45, 7) is 2.16. The molecular weight excluding hydrogens is 302 g/mol. The molecule has 2 unspecified atom stereocenters. The number of furan rings is 1. The number of rotatable bonds is 5. The van der Waals surface area contributed by atoms with Crippen LogP contribution in [-0.4, -0.2) is 0 Å². The lowest BCUT2D eigenvalue weighted by molar-refractivity contribution is 0.366. The van der Waals surface area contributed by atoms with E-state index in [4.69, 9.17) is 4.42 Å². The molecule has 3 heteroatoms. The third-order valence-electron chi connectivity index (χ3n) is 3.70. The van der Waals surface area contributed by atoms with E-state index in [2.05, 4.69) is 58.5 Å². The van der Waals surface area contributed by atoms with Gasteiger partial charge in [0.2, 0.25) is 0 Å². The maximum atomic E-state index is 5.64. The molecule has 0 radical (unpaired) electrons. The summed E-state index contributed by atoms with van der Waals surface area (Å²) < 4.78 is 6.43. The van der Waals surface area contributed by atoms with Crippen molar-refractivity contribution in [3.05, 3.63) is 58.5 Å². The van der Waals surface area contributed by atoms with Crippen LogP contribution in [0.3, 0.4) is 0 Å². The van der Waals surface area contributed by atoms with Crippen molar-refractivity contribution in [1.29, 1.82) is 0 Å². The Hall–Kier alpha value is -1.06. The molecule has 0 aliphatic heterocycles. The van der Waals surface area contributed by atoms with E-state index in [0.717, 1.165) is 16.3 Å². The summed E-state index contributed by atoms with van der Waals surface area (Å²) in [5, 5.41) is 3.71.